The zero-order valence-corrected chi connectivity index (χ0v) is 20.4. The molecule has 0 atom stereocenters. The average Bonchev–Trinajstić information content (AvgIpc) is 3.41. The largest absolute Gasteiger partial charge is 0.326 e. The smallest absolute Gasteiger partial charge is 0.271 e. The minimum Gasteiger partial charge on any atom is -0.326 e. The Labute approximate surface area is 207 Å². The van der Waals surface area contributed by atoms with Gasteiger partial charge in [0.1, 0.15) is 22.3 Å². The normalized spacial score (nSPS) is 15.4. The van der Waals surface area contributed by atoms with Crippen molar-refractivity contribution in [1.82, 2.24) is 14.5 Å². The van der Waals surface area contributed by atoms with Crippen molar-refractivity contribution in [2.45, 2.75) is 13.8 Å². The Hall–Kier alpha value is -4.28. The Bertz CT molecular complexity index is 1580. The van der Waals surface area contributed by atoms with Crippen LogP contribution < -0.4 is 0 Å². The molecular weight excluding hydrogens is 456 g/mol. The van der Waals surface area contributed by atoms with E-state index >= 15 is 0 Å². The van der Waals surface area contributed by atoms with Gasteiger partial charge in [-0.15, -0.1) is 11.3 Å². The number of nitrogens with zero attached hydrogens (tertiary/aromatic N) is 4. The van der Waals surface area contributed by atoms with Gasteiger partial charge in [-0.2, -0.15) is 5.26 Å². The Kier molecular flexibility index (Phi) is 5.67. The first-order chi connectivity index (χ1) is 16.9. The van der Waals surface area contributed by atoms with Crippen LogP contribution >= 0.6 is 11.3 Å². The number of nitriles is 1. The van der Waals surface area contributed by atoms with E-state index in [0.29, 0.717) is 11.1 Å². The molecule has 35 heavy (non-hydrogen) atoms. The van der Waals surface area contributed by atoms with Gasteiger partial charge in [0.05, 0.1) is 5.52 Å². The molecule has 2 aromatic heterocycles. The summed E-state index contributed by atoms with van der Waals surface area (Å²) in [5.41, 5.74) is 5.09. The molecule has 0 N–H and O–H groups in total. The number of hydrogen-bond donors (Lipinski definition) is 0. The summed E-state index contributed by atoms with van der Waals surface area (Å²) in [6.45, 7) is 3.59. The van der Waals surface area contributed by atoms with E-state index in [0.717, 1.165) is 37.1 Å². The second kappa shape index (κ2) is 8.82. The second-order valence-electron chi connectivity index (χ2n) is 8.30. The van der Waals surface area contributed by atoms with Gasteiger partial charge in [-0.3, -0.25) is 14.5 Å². The number of imide groups is 1. The summed E-state index contributed by atoms with van der Waals surface area (Å²) in [6, 6.07) is 22.5. The van der Waals surface area contributed by atoms with E-state index in [-0.39, 0.29) is 18.0 Å². The van der Waals surface area contributed by atoms with Gasteiger partial charge < -0.3 is 4.57 Å². The van der Waals surface area contributed by atoms with Crippen molar-refractivity contribution in [1.29, 1.82) is 5.26 Å². The van der Waals surface area contributed by atoms with Crippen LogP contribution in [0.4, 0.5) is 0 Å². The average molecular weight is 479 g/mol. The number of aromatic nitrogens is 2. The van der Waals surface area contributed by atoms with Gasteiger partial charge >= 0.3 is 0 Å². The lowest BCUT2D eigenvalue weighted by molar-refractivity contribution is -0.140. The number of carbonyl (C=O) groups excluding carboxylic acids is 2. The molecule has 4 aromatic rings. The summed E-state index contributed by atoms with van der Waals surface area (Å²) in [6.07, 6.45) is 1.75. The fourth-order valence-electron chi connectivity index (χ4n) is 4.33. The van der Waals surface area contributed by atoms with Crippen LogP contribution in [0.25, 0.3) is 38.9 Å². The van der Waals surface area contributed by atoms with Crippen LogP contribution in [0.5, 0.6) is 0 Å². The van der Waals surface area contributed by atoms with Crippen molar-refractivity contribution in [2.24, 2.45) is 7.05 Å². The fraction of sp³-hybridized carbons (Fsp3) is 0.143. The van der Waals surface area contributed by atoms with Crippen LogP contribution in [0.2, 0.25) is 0 Å². The van der Waals surface area contributed by atoms with Gasteiger partial charge in [0, 0.05) is 29.6 Å². The lowest BCUT2D eigenvalue weighted by atomic mass is 9.95. The van der Waals surface area contributed by atoms with Crippen LogP contribution in [0.15, 0.2) is 77.4 Å². The molecule has 0 bridgehead atoms. The Morgan fingerprint density at radius 2 is 1.66 bits per heavy atom. The van der Waals surface area contributed by atoms with E-state index in [1.165, 1.54) is 16.9 Å². The number of fused-ring (bicyclic) bond motifs is 1. The summed E-state index contributed by atoms with van der Waals surface area (Å²) in [5, 5.41) is 9.45. The minimum atomic E-state index is -0.532. The third-order valence-electron chi connectivity index (χ3n) is 6.28. The highest BCUT2D eigenvalue weighted by molar-refractivity contribution is 7.19. The molecule has 2 amide bonds. The molecule has 7 heteroatoms. The van der Waals surface area contributed by atoms with Crippen LogP contribution in [-0.2, 0) is 16.6 Å². The third-order valence-corrected chi connectivity index (χ3v) is 7.24. The summed E-state index contributed by atoms with van der Waals surface area (Å²) in [7, 11) is 1.97. The minimum absolute atomic E-state index is 0.0122. The van der Waals surface area contributed by atoms with Gasteiger partial charge in [0.15, 0.2) is 0 Å². The highest BCUT2D eigenvalue weighted by Gasteiger charge is 2.34. The number of aryl methyl sites for hydroxylation is 1. The maximum absolute atomic E-state index is 12.9. The quantitative estimate of drug-likeness (QED) is 0.283. The van der Waals surface area contributed by atoms with E-state index in [4.69, 9.17) is 4.98 Å². The predicted octanol–water partition coefficient (Wildman–Crippen LogP) is 5.58. The van der Waals surface area contributed by atoms with E-state index < -0.39 is 5.91 Å². The highest BCUT2D eigenvalue weighted by Crippen LogP contribution is 2.34. The summed E-state index contributed by atoms with van der Waals surface area (Å²) in [4.78, 5) is 33.0. The topological polar surface area (TPSA) is 79.0 Å². The predicted molar refractivity (Wildman–Crippen MR) is 138 cm³/mol. The van der Waals surface area contributed by atoms with Gasteiger partial charge in [0.25, 0.3) is 11.8 Å². The number of hydrogen-bond acceptors (Lipinski definition) is 5. The van der Waals surface area contributed by atoms with Gasteiger partial charge in [-0.1, -0.05) is 54.6 Å². The first kappa shape index (κ1) is 22.5. The molecule has 0 fully saturated rings. The van der Waals surface area contributed by atoms with Crippen LogP contribution in [0, 0.1) is 11.3 Å². The fourth-order valence-corrected chi connectivity index (χ4v) is 5.33. The summed E-state index contributed by atoms with van der Waals surface area (Å²) < 4.78 is 2.04. The molecule has 0 spiro atoms. The molecule has 172 valence electrons. The lowest BCUT2D eigenvalue weighted by Crippen LogP contribution is -2.42. The number of amides is 2. The van der Waals surface area contributed by atoms with Gasteiger partial charge in [-0.05, 0) is 42.7 Å². The van der Waals surface area contributed by atoms with E-state index in [2.05, 4.69) is 36.4 Å². The third kappa shape index (κ3) is 3.78. The first-order valence-electron chi connectivity index (χ1n) is 11.2. The van der Waals surface area contributed by atoms with Crippen molar-refractivity contribution < 1.29 is 9.59 Å². The zero-order chi connectivity index (χ0) is 24.7. The monoisotopic (exact) mass is 478 g/mol. The van der Waals surface area contributed by atoms with Crippen molar-refractivity contribution in [3.05, 3.63) is 82.3 Å². The number of carbonyl (C=O) groups is 2. The van der Waals surface area contributed by atoms with Crippen molar-refractivity contribution >= 4 is 39.6 Å². The van der Waals surface area contributed by atoms with Crippen molar-refractivity contribution in [2.75, 3.05) is 6.54 Å². The standard InChI is InChI=1S/C28H22N4O2S/c1-4-32-27(33)22(17(2)23(16-29)28(32)34)14-21-15-24-26(35-21)30-25(31(24)3)20-12-10-19(11-13-20)18-8-6-5-7-9-18/h5-15H,4H2,1-3H3/b22-14-. The van der Waals surface area contributed by atoms with Gasteiger partial charge in [-0.25, -0.2) is 4.98 Å². The lowest BCUT2D eigenvalue weighted by Gasteiger charge is -2.26. The maximum atomic E-state index is 12.9. The molecule has 1 aliphatic heterocycles. The summed E-state index contributed by atoms with van der Waals surface area (Å²) >= 11 is 1.47. The van der Waals surface area contributed by atoms with Gasteiger partial charge in [0.2, 0.25) is 0 Å². The van der Waals surface area contributed by atoms with Crippen LogP contribution in [-0.4, -0.2) is 32.8 Å². The zero-order valence-electron chi connectivity index (χ0n) is 19.6. The van der Waals surface area contributed by atoms with Crippen LogP contribution in [0.1, 0.15) is 18.7 Å². The molecule has 0 radical (unpaired) electrons. The molecular formula is C28H22N4O2S. The van der Waals surface area contributed by atoms with E-state index in [1.807, 2.05) is 41.9 Å². The number of rotatable bonds is 4. The highest BCUT2D eigenvalue weighted by atomic mass is 32.1. The SMILES string of the molecule is CCN1C(=O)C(C#N)=C(C)/C(=C/c2cc3c(nc(-c4ccc(-c5ccccc5)cc4)n3C)s2)C1=O. The molecule has 0 saturated carbocycles. The van der Waals surface area contributed by atoms with Crippen molar-refractivity contribution in [3.63, 3.8) is 0 Å². The van der Waals surface area contributed by atoms with Crippen molar-refractivity contribution in [3.8, 4) is 28.6 Å². The Morgan fingerprint density at radius 3 is 2.29 bits per heavy atom. The molecule has 3 heterocycles. The Morgan fingerprint density at radius 1 is 1.00 bits per heavy atom. The maximum Gasteiger partial charge on any atom is 0.271 e. The molecule has 0 unspecified atom stereocenters. The molecule has 1 aliphatic rings. The summed E-state index contributed by atoms with van der Waals surface area (Å²) in [5.74, 6) is -0.0430. The molecule has 0 aliphatic carbocycles. The second-order valence-corrected chi connectivity index (χ2v) is 9.36. The first-order valence-corrected chi connectivity index (χ1v) is 12.1. The van der Waals surface area contributed by atoms with E-state index in [1.54, 1.807) is 19.9 Å². The number of thiophene rings is 1. The molecule has 6 nitrogen and oxygen atoms in total. The molecule has 5 rings (SSSR count). The molecule has 0 saturated heterocycles. The Balaban J connectivity index is 1.50. The van der Waals surface area contributed by atoms with E-state index in [9.17, 15) is 14.9 Å². The molecule has 2 aromatic carbocycles. The number of imidazole rings is 1. The number of likely N-dealkylation sites (N-methyl/N-ethyl adjacent to an activating group) is 1. The number of benzene rings is 2. The van der Waals surface area contributed by atoms with Crippen LogP contribution in [0.3, 0.4) is 0 Å².